The van der Waals surface area contributed by atoms with Gasteiger partial charge in [0.05, 0.1) is 16.8 Å². The zero-order valence-corrected chi connectivity index (χ0v) is 11.9. The van der Waals surface area contributed by atoms with E-state index in [2.05, 4.69) is 20.9 Å². The van der Waals surface area contributed by atoms with Gasteiger partial charge in [0.1, 0.15) is 11.2 Å². The highest BCUT2D eigenvalue weighted by Gasteiger charge is 2.17. The molecular weight excluding hydrogens is 316 g/mol. The summed E-state index contributed by atoms with van der Waals surface area (Å²) >= 11 is 4.97. The van der Waals surface area contributed by atoms with Crippen molar-refractivity contribution in [2.24, 2.45) is 0 Å². The van der Waals surface area contributed by atoms with E-state index in [0.717, 1.165) is 19.5 Å². The van der Waals surface area contributed by atoms with Gasteiger partial charge in [-0.15, -0.1) is 11.3 Å². The quantitative estimate of drug-likeness (QED) is 0.678. The number of fused-ring (bicyclic) bond motifs is 3. The molecule has 4 nitrogen and oxygen atoms in total. The number of hydrogen-bond acceptors (Lipinski definition) is 4. The number of aromatic nitrogens is 2. The first-order valence-corrected chi connectivity index (χ1v) is 7.04. The van der Waals surface area contributed by atoms with Crippen LogP contribution in [0, 0.1) is 0 Å². The molecule has 0 unspecified atom stereocenters. The minimum absolute atomic E-state index is 0.355. The van der Waals surface area contributed by atoms with Gasteiger partial charge in [-0.2, -0.15) is 0 Å². The highest BCUT2D eigenvalue weighted by atomic mass is 79.9. The molecule has 2 aromatic heterocycles. The average Bonchev–Trinajstić information content (AvgIpc) is 2.86. The molecular formula is C12H9BrN2O2S. The lowest BCUT2D eigenvalue weighted by Crippen LogP contribution is -2.04. The van der Waals surface area contributed by atoms with E-state index in [-0.39, 0.29) is 5.97 Å². The number of esters is 1. The van der Waals surface area contributed by atoms with Crippen molar-refractivity contribution in [2.45, 2.75) is 6.92 Å². The van der Waals surface area contributed by atoms with E-state index in [1.165, 1.54) is 11.3 Å². The molecule has 3 aromatic rings. The van der Waals surface area contributed by atoms with Crippen molar-refractivity contribution in [1.82, 2.24) is 9.38 Å². The maximum Gasteiger partial charge on any atom is 0.360 e. The Hall–Kier alpha value is -1.40. The highest BCUT2D eigenvalue weighted by Crippen LogP contribution is 2.30. The van der Waals surface area contributed by atoms with Crippen LogP contribution in [0.15, 0.2) is 29.0 Å². The van der Waals surface area contributed by atoms with Gasteiger partial charge >= 0.3 is 5.97 Å². The van der Waals surface area contributed by atoms with E-state index in [0.29, 0.717) is 12.3 Å². The summed E-state index contributed by atoms with van der Waals surface area (Å²) in [5.41, 5.74) is 1.43. The molecule has 0 fully saturated rings. The van der Waals surface area contributed by atoms with Crippen LogP contribution in [0.1, 0.15) is 17.4 Å². The van der Waals surface area contributed by atoms with Crippen molar-refractivity contribution >= 4 is 48.3 Å². The summed E-state index contributed by atoms with van der Waals surface area (Å²) in [6, 6.07) is 6.00. The second kappa shape index (κ2) is 4.37. The number of benzene rings is 1. The third-order valence-electron chi connectivity index (χ3n) is 2.58. The molecule has 0 N–H and O–H groups in total. The molecule has 18 heavy (non-hydrogen) atoms. The molecule has 0 atom stereocenters. The second-order valence-corrected chi connectivity index (χ2v) is 5.65. The van der Waals surface area contributed by atoms with Crippen LogP contribution in [0.3, 0.4) is 0 Å². The van der Waals surface area contributed by atoms with Crippen molar-refractivity contribution in [3.63, 3.8) is 0 Å². The van der Waals surface area contributed by atoms with Crippen molar-refractivity contribution in [3.8, 4) is 0 Å². The molecule has 6 heteroatoms. The Bertz CT molecular complexity index is 747. The first kappa shape index (κ1) is 11.7. The van der Waals surface area contributed by atoms with Crippen LogP contribution < -0.4 is 0 Å². The maximum absolute atomic E-state index is 11.8. The Morgan fingerprint density at radius 1 is 1.56 bits per heavy atom. The van der Waals surface area contributed by atoms with Crippen LogP contribution in [-0.2, 0) is 4.74 Å². The Balaban J connectivity index is 2.24. The summed E-state index contributed by atoms with van der Waals surface area (Å²) < 4.78 is 9.03. The van der Waals surface area contributed by atoms with Crippen LogP contribution in [-0.4, -0.2) is 22.0 Å². The number of thiazole rings is 1. The van der Waals surface area contributed by atoms with Crippen LogP contribution in [0.25, 0.3) is 15.0 Å². The van der Waals surface area contributed by atoms with Crippen LogP contribution in [0.5, 0.6) is 0 Å². The zero-order valence-electron chi connectivity index (χ0n) is 9.51. The lowest BCUT2D eigenvalue weighted by molar-refractivity contribution is 0.0523. The maximum atomic E-state index is 11.8. The van der Waals surface area contributed by atoms with Gasteiger partial charge in [0, 0.05) is 4.47 Å². The number of rotatable bonds is 2. The molecule has 1 aromatic carbocycles. The lowest BCUT2D eigenvalue weighted by Gasteiger charge is -1.96. The number of imidazole rings is 1. The predicted octanol–water partition coefficient (Wildman–Crippen LogP) is 3.49. The molecule has 0 aliphatic carbocycles. The van der Waals surface area contributed by atoms with E-state index < -0.39 is 0 Å². The molecule has 0 bridgehead atoms. The lowest BCUT2D eigenvalue weighted by atomic mass is 10.3. The SMILES string of the molecule is CCOC(=O)c1ncn2c1sc1cc(Br)ccc12. The Labute approximate surface area is 115 Å². The van der Waals surface area contributed by atoms with Gasteiger partial charge in [-0.05, 0) is 25.1 Å². The van der Waals surface area contributed by atoms with Gasteiger partial charge in [-0.1, -0.05) is 15.9 Å². The fourth-order valence-corrected chi connectivity index (χ4v) is 3.47. The topological polar surface area (TPSA) is 43.6 Å². The first-order valence-electron chi connectivity index (χ1n) is 5.43. The van der Waals surface area contributed by atoms with E-state index in [1.807, 2.05) is 22.6 Å². The predicted molar refractivity (Wildman–Crippen MR) is 74.2 cm³/mol. The van der Waals surface area contributed by atoms with Crippen LogP contribution in [0.4, 0.5) is 0 Å². The Kier molecular flexibility index (Phi) is 2.83. The highest BCUT2D eigenvalue weighted by molar-refractivity contribution is 9.10. The standard InChI is InChI=1S/C12H9BrN2O2S/c1-2-17-12(16)10-11-15(6-14-10)8-4-3-7(13)5-9(8)18-11/h3-6H,2H2,1H3. The first-order chi connectivity index (χ1) is 8.70. The van der Waals surface area contributed by atoms with Crippen LogP contribution in [0.2, 0.25) is 0 Å². The number of carbonyl (C=O) groups is 1. The molecule has 0 aliphatic rings. The molecule has 0 saturated heterocycles. The van der Waals surface area contributed by atoms with Gasteiger partial charge in [-0.25, -0.2) is 9.78 Å². The molecule has 92 valence electrons. The molecule has 0 radical (unpaired) electrons. The van der Waals surface area contributed by atoms with Gasteiger partial charge in [0.25, 0.3) is 0 Å². The van der Waals surface area contributed by atoms with Gasteiger partial charge < -0.3 is 4.74 Å². The summed E-state index contributed by atoms with van der Waals surface area (Å²) in [5.74, 6) is -0.370. The second-order valence-electron chi connectivity index (χ2n) is 3.70. The van der Waals surface area contributed by atoms with E-state index >= 15 is 0 Å². The third kappa shape index (κ3) is 1.72. The summed E-state index contributed by atoms with van der Waals surface area (Å²) in [4.78, 5) is 16.7. The number of nitrogens with zero attached hydrogens (tertiary/aromatic N) is 2. The third-order valence-corrected chi connectivity index (χ3v) is 4.20. The zero-order chi connectivity index (χ0) is 12.7. The van der Waals surface area contributed by atoms with E-state index in [9.17, 15) is 4.79 Å². The summed E-state index contributed by atoms with van der Waals surface area (Å²) in [6.07, 6.45) is 1.66. The molecule has 2 heterocycles. The fraction of sp³-hybridized carbons (Fsp3) is 0.167. The smallest absolute Gasteiger partial charge is 0.360 e. The van der Waals surface area contributed by atoms with E-state index in [1.54, 1.807) is 13.3 Å². The number of halogens is 1. The minimum Gasteiger partial charge on any atom is -0.461 e. The summed E-state index contributed by atoms with van der Waals surface area (Å²) in [5, 5.41) is 0. The van der Waals surface area contributed by atoms with Crippen LogP contribution >= 0.6 is 27.3 Å². The molecule has 0 aliphatic heterocycles. The number of hydrogen-bond donors (Lipinski definition) is 0. The van der Waals surface area contributed by atoms with Crippen molar-refractivity contribution in [1.29, 1.82) is 0 Å². The molecule has 0 saturated carbocycles. The fourth-order valence-electron chi connectivity index (χ4n) is 1.82. The van der Waals surface area contributed by atoms with E-state index in [4.69, 9.17) is 4.74 Å². The molecule has 0 spiro atoms. The monoisotopic (exact) mass is 324 g/mol. The van der Waals surface area contributed by atoms with Gasteiger partial charge in [0.2, 0.25) is 0 Å². The summed E-state index contributed by atoms with van der Waals surface area (Å²) in [6.45, 7) is 2.14. The Morgan fingerprint density at radius 2 is 2.39 bits per heavy atom. The normalized spacial score (nSPS) is 11.2. The van der Waals surface area contributed by atoms with Gasteiger partial charge in [0.15, 0.2) is 5.69 Å². The van der Waals surface area contributed by atoms with Crippen molar-refractivity contribution in [2.75, 3.05) is 6.61 Å². The summed E-state index contributed by atoms with van der Waals surface area (Å²) in [7, 11) is 0. The van der Waals surface area contributed by atoms with Crippen molar-refractivity contribution < 1.29 is 9.53 Å². The molecule has 3 rings (SSSR count). The number of carbonyl (C=O) groups excluding carboxylic acids is 1. The number of ether oxygens (including phenoxy) is 1. The largest absolute Gasteiger partial charge is 0.461 e. The Morgan fingerprint density at radius 3 is 3.17 bits per heavy atom. The minimum atomic E-state index is -0.370. The van der Waals surface area contributed by atoms with Gasteiger partial charge in [-0.3, -0.25) is 4.40 Å². The van der Waals surface area contributed by atoms with Crippen molar-refractivity contribution in [3.05, 3.63) is 34.7 Å². The average molecular weight is 325 g/mol. The molecule has 0 amide bonds.